The fourth-order valence-corrected chi connectivity index (χ4v) is 3.46. The van der Waals surface area contributed by atoms with E-state index in [2.05, 4.69) is 20.8 Å². The Bertz CT molecular complexity index is 1250. The van der Waals surface area contributed by atoms with E-state index in [4.69, 9.17) is 23.7 Å². The topological polar surface area (TPSA) is 97.4 Å². The minimum absolute atomic E-state index is 0.200. The standard InChI is InChI=1S/C34H46O8/c1-11-18-38-28-20-29(40-22-42-31(37)34(8,9)10)26(32(2,3)4)19-24(28)14-17-27(35)23-12-15-25(16-13-23)39-21-41-30(36)33(5,6)7/h12-17,19-20H,11,18,21-22H2,1-10H3. The number of allylic oxidation sites excluding steroid dienone is 1. The summed E-state index contributed by atoms with van der Waals surface area (Å²) in [5, 5.41) is 0. The van der Waals surface area contributed by atoms with Crippen LogP contribution in [0.3, 0.4) is 0 Å². The van der Waals surface area contributed by atoms with Gasteiger partial charge in [0.2, 0.25) is 13.6 Å². The second-order valence-electron chi connectivity index (χ2n) is 13.1. The van der Waals surface area contributed by atoms with Crippen molar-refractivity contribution in [1.29, 1.82) is 0 Å². The van der Waals surface area contributed by atoms with Crippen LogP contribution in [0.15, 0.2) is 42.5 Å². The predicted molar refractivity (Wildman–Crippen MR) is 163 cm³/mol. The number of carbonyl (C=O) groups is 3. The van der Waals surface area contributed by atoms with Gasteiger partial charge in [-0.3, -0.25) is 14.4 Å². The molecule has 0 atom stereocenters. The fraction of sp³-hybridized carbons (Fsp3) is 0.500. The summed E-state index contributed by atoms with van der Waals surface area (Å²) < 4.78 is 27.8. The number of hydrogen-bond acceptors (Lipinski definition) is 8. The highest BCUT2D eigenvalue weighted by atomic mass is 16.7. The maximum Gasteiger partial charge on any atom is 0.314 e. The van der Waals surface area contributed by atoms with Crippen LogP contribution in [-0.4, -0.2) is 37.9 Å². The molecular weight excluding hydrogens is 536 g/mol. The molecule has 0 saturated heterocycles. The molecule has 0 N–H and O–H groups in total. The minimum atomic E-state index is -0.638. The molecule has 0 spiro atoms. The number of ether oxygens (including phenoxy) is 5. The normalized spacial score (nSPS) is 12.1. The molecule has 0 aliphatic rings. The first-order chi connectivity index (χ1) is 19.4. The van der Waals surface area contributed by atoms with Crippen LogP contribution in [0.2, 0.25) is 0 Å². The molecule has 230 valence electrons. The summed E-state index contributed by atoms with van der Waals surface area (Å²) in [6.45, 7) is 18.9. The van der Waals surface area contributed by atoms with Crippen molar-refractivity contribution in [2.45, 2.75) is 81.1 Å². The van der Waals surface area contributed by atoms with E-state index in [-0.39, 0.29) is 36.7 Å². The molecule has 0 aliphatic heterocycles. The highest BCUT2D eigenvalue weighted by molar-refractivity contribution is 6.07. The van der Waals surface area contributed by atoms with E-state index in [1.807, 2.05) is 13.0 Å². The van der Waals surface area contributed by atoms with E-state index in [9.17, 15) is 14.4 Å². The molecule has 42 heavy (non-hydrogen) atoms. The van der Waals surface area contributed by atoms with Crippen molar-refractivity contribution in [3.63, 3.8) is 0 Å². The SMILES string of the molecule is CCCOc1cc(OCOC(=O)C(C)(C)C)c(C(C)(C)C)cc1C=CC(=O)c1ccc(OCOC(=O)C(C)(C)C)cc1. The van der Waals surface area contributed by atoms with Gasteiger partial charge in [0, 0.05) is 22.8 Å². The van der Waals surface area contributed by atoms with Crippen LogP contribution in [-0.2, 0) is 24.5 Å². The summed E-state index contributed by atoms with van der Waals surface area (Å²) in [5.41, 5.74) is 0.505. The quantitative estimate of drug-likeness (QED) is 0.110. The first-order valence-electron chi connectivity index (χ1n) is 14.2. The van der Waals surface area contributed by atoms with Gasteiger partial charge in [0.1, 0.15) is 17.2 Å². The molecule has 8 nitrogen and oxygen atoms in total. The Morgan fingerprint density at radius 1 is 0.714 bits per heavy atom. The second-order valence-corrected chi connectivity index (χ2v) is 13.1. The van der Waals surface area contributed by atoms with Crippen LogP contribution in [0, 0.1) is 10.8 Å². The van der Waals surface area contributed by atoms with Crippen LogP contribution in [0.4, 0.5) is 0 Å². The van der Waals surface area contributed by atoms with Crippen molar-refractivity contribution in [3.8, 4) is 17.2 Å². The Morgan fingerprint density at radius 2 is 1.26 bits per heavy atom. The molecule has 2 aromatic carbocycles. The third-order valence-electron chi connectivity index (χ3n) is 5.98. The van der Waals surface area contributed by atoms with Gasteiger partial charge in [0.25, 0.3) is 0 Å². The minimum Gasteiger partial charge on any atom is -0.493 e. The lowest BCUT2D eigenvalue weighted by molar-refractivity contribution is -0.160. The highest BCUT2D eigenvalue weighted by Gasteiger charge is 2.25. The molecular formula is C34H46O8. The third-order valence-corrected chi connectivity index (χ3v) is 5.98. The molecule has 0 aromatic heterocycles. The first kappa shape index (κ1) is 34.4. The van der Waals surface area contributed by atoms with Gasteiger partial charge in [-0.15, -0.1) is 0 Å². The lowest BCUT2D eigenvalue weighted by atomic mass is 9.85. The van der Waals surface area contributed by atoms with E-state index in [1.54, 1.807) is 78.0 Å². The smallest absolute Gasteiger partial charge is 0.314 e. The summed E-state index contributed by atoms with van der Waals surface area (Å²) in [5.74, 6) is 0.658. The average Bonchev–Trinajstić information content (AvgIpc) is 2.89. The lowest BCUT2D eigenvalue weighted by Crippen LogP contribution is -2.25. The number of hydrogen-bond donors (Lipinski definition) is 0. The van der Waals surface area contributed by atoms with Crippen LogP contribution in [0.1, 0.15) is 97.1 Å². The molecule has 0 fully saturated rings. The fourth-order valence-electron chi connectivity index (χ4n) is 3.46. The van der Waals surface area contributed by atoms with E-state index in [0.717, 1.165) is 17.5 Å². The highest BCUT2D eigenvalue weighted by Crippen LogP contribution is 2.38. The summed E-state index contributed by atoms with van der Waals surface area (Å²) in [6.07, 6.45) is 4.02. The largest absolute Gasteiger partial charge is 0.493 e. The average molecular weight is 583 g/mol. The van der Waals surface area contributed by atoms with Crippen molar-refractivity contribution in [2.24, 2.45) is 10.8 Å². The molecule has 0 radical (unpaired) electrons. The zero-order valence-corrected chi connectivity index (χ0v) is 26.7. The maximum absolute atomic E-state index is 13.0. The van der Waals surface area contributed by atoms with Gasteiger partial charge < -0.3 is 23.7 Å². The predicted octanol–water partition coefficient (Wildman–Crippen LogP) is 7.52. The van der Waals surface area contributed by atoms with E-state index in [1.165, 1.54) is 6.08 Å². The van der Waals surface area contributed by atoms with Gasteiger partial charge in [0.05, 0.1) is 17.4 Å². The van der Waals surface area contributed by atoms with Crippen LogP contribution in [0.25, 0.3) is 6.08 Å². The maximum atomic E-state index is 13.0. The Hall–Kier alpha value is -3.81. The molecule has 0 bridgehead atoms. The number of carbonyl (C=O) groups excluding carboxylic acids is 3. The van der Waals surface area contributed by atoms with Gasteiger partial charge in [-0.25, -0.2) is 0 Å². The van der Waals surface area contributed by atoms with Gasteiger partial charge in [-0.1, -0.05) is 27.7 Å². The Kier molecular flexibility index (Phi) is 11.8. The zero-order chi connectivity index (χ0) is 31.7. The van der Waals surface area contributed by atoms with Crippen molar-refractivity contribution >= 4 is 23.8 Å². The summed E-state index contributed by atoms with van der Waals surface area (Å²) in [4.78, 5) is 37.1. The van der Waals surface area contributed by atoms with E-state index >= 15 is 0 Å². The Morgan fingerprint density at radius 3 is 1.76 bits per heavy atom. The molecule has 2 rings (SSSR count). The van der Waals surface area contributed by atoms with Crippen molar-refractivity contribution in [2.75, 3.05) is 20.2 Å². The van der Waals surface area contributed by atoms with Crippen molar-refractivity contribution in [3.05, 3.63) is 59.2 Å². The molecule has 2 aromatic rings. The molecule has 0 saturated carbocycles. The summed E-state index contributed by atoms with van der Waals surface area (Å²) >= 11 is 0. The molecule has 0 heterocycles. The van der Waals surface area contributed by atoms with Crippen molar-refractivity contribution < 1.29 is 38.1 Å². The van der Waals surface area contributed by atoms with Crippen LogP contribution < -0.4 is 14.2 Å². The zero-order valence-electron chi connectivity index (χ0n) is 26.7. The molecule has 0 unspecified atom stereocenters. The summed E-state index contributed by atoms with van der Waals surface area (Å²) in [6, 6.07) is 10.3. The van der Waals surface area contributed by atoms with Crippen molar-refractivity contribution in [1.82, 2.24) is 0 Å². The van der Waals surface area contributed by atoms with Gasteiger partial charge in [0.15, 0.2) is 5.78 Å². The third kappa shape index (κ3) is 10.5. The van der Waals surface area contributed by atoms with E-state index in [0.29, 0.717) is 29.4 Å². The number of benzene rings is 2. The van der Waals surface area contributed by atoms with Crippen LogP contribution in [0.5, 0.6) is 17.2 Å². The Labute approximate surface area is 250 Å². The molecule has 8 heteroatoms. The Balaban J connectivity index is 2.23. The molecule has 0 amide bonds. The number of ketones is 1. The number of rotatable bonds is 12. The van der Waals surface area contributed by atoms with Gasteiger partial charge >= 0.3 is 11.9 Å². The van der Waals surface area contributed by atoms with Gasteiger partial charge in [-0.05, 0) is 95.9 Å². The number of esters is 2. The van der Waals surface area contributed by atoms with Gasteiger partial charge in [-0.2, -0.15) is 0 Å². The lowest BCUT2D eigenvalue weighted by Gasteiger charge is -2.25. The molecule has 0 aliphatic carbocycles. The summed E-state index contributed by atoms with van der Waals surface area (Å²) in [7, 11) is 0. The monoisotopic (exact) mass is 582 g/mol. The van der Waals surface area contributed by atoms with Crippen LogP contribution >= 0.6 is 0 Å². The first-order valence-corrected chi connectivity index (χ1v) is 14.2. The second kappa shape index (κ2) is 14.4. The van der Waals surface area contributed by atoms with E-state index < -0.39 is 10.8 Å².